The molecule has 3 N–H and O–H groups in total. The molecule has 9 heteroatoms. The second kappa shape index (κ2) is 11.8. The van der Waals surface area contributed by atoms with E-state index in [1.807, 2.05) is 12.1 Å². The fourth-order valence-electron chi connectivity index (χ4n) is 2.63. The maximum absolute atomic E-state index is 11.8. The summed E-state index contributed by atoms with van der Waals surface area (Å²) in [6, 6.07) is 8.85. The monoisotopic (exact) mass is 403 g/mol. The molecule has 0 radical (unpaired) electrons. The SMILES string of the molecule is COC(=O)c1cccc(CNCCNCc2cc(C[OH+]C)cc(C(=O)OC)n2)n1. The molecule has 2 aromatic heterocycles. The Balaban J connectivity index is 1.80. The summed E-state index contributed by atoms with van der Waals surface area (Å²) >= 11 is 0. The first kappa shape index (κ1) is 22.4. The highest BCUT2D eigenvalue weighted by molar-refractivity contribution is 5.87. The Morgan fingerprint density at radius 3 is 2.21 bits per heavy atom. The molecule has 2 rings (SSSR count). The lowest BCUT2D eigenvalue weighted by Gasteiger charge is -2.09. The van der Waals surface area contributed by atoms with Crippen LogP contribution in [0.2, 0.25) is 0 Å². The van der Waals surface area contributed by atoms with Crippen LogP contribution in [0.15, 0.2) is 30.3 Å². The summed E-state index contributed by atoms with van der Waals surface area (Å²) in [4.78, 5) is 31.9. The van der Waals surface area contributed by atoms with E-state index in [4.69, 9.17) is 4.74 Å². The van der Waals surface area contributed by atoms with E-state index >= 15 is 0 Å². The Bertz CT molecular complexity index is 828. The largest absolute Gasteiger partial charge is 0.464 e. The molecule has 0 amide bonds. The average molecular weight is 403 g/mol. The summed E-state index contributed by atoms with van der Waals surface area (Å²) in [5.41, 5.74) is 2.98. The fraction of sp³-hybridized carbons (Fsp3) is 0.400. The summed E-state index contributed by atoms with van der Waals surface area (Å²) in [5, 5.41) is 6.53. The molecule has 0 aliphatic rings. The van der Waals surface area contributed by atoms with Gasteiger partial charge < -0.3 is 24.8 Å². The lowest BCUT2D eigenvalue weighted by Crippen LogP contribution is -2.27. The van der Waals surface area contributed by atoms with Crippen molar-refractivity contribution in [3.8, 4) is 0 Å². The van der Waals surface area contributed by atoms with Gasteiger partial charge in [0.05, 0.1) is 25.6 Å². The number of esters is 2. The second-order valence-corrected chi connectivity index (χ2v) is 6.18. The molecule has 0 aliphatic carbocycles. The number of nitrogens with one attached hydrogen (secondary N) is 2. The van der Waals surface area contributed by atoms with Gasteiger partial charge in [-0.3, -0.25) is 0 Å². The van der Waals surface area contributed by atoms with Crippen molar-refractivity contribution in [1.82, 2.24) is 20.6 Å². The third-order valence-corrected chi connectivity index (χ3v) is 3.97. The molecule has 0 fully saturated rings. The van der Waals surface area contributed by atoms with Gasteiger partial charge in [-0.25, -0.2) is 19.6 Å². The second-order valence-electron chi connectivity index (χ2n) is 6.18. The van der Waals surface area contributed by atoms with Crippen molar-refractivity contribution in [2.75, 3.05) is 34.4 Å². The molecule has 0 bridgehead atoms. The maximum atomic E-state index is 11.8. The van der Waals surface area contributed by atoms with Crippen molar-refractivity contribution in [3.05, 3.63) is 58.7 Å². The topological polar surface area (TPSA) is 115 Å². The summed E-state index contributed by atoms with van der Waals surface area (Å²) in [6.07, 6.45) is 0. The van der Waals surface area contributed by atoms with Crippen molar-refractivity contribution in [2.45, 2.75) is 19.7 Å². The van der Waals surface area contributed by atoms with Crippen LogP contribution in [0.3, 0.4) is 0 Å². The van der Waals surface area contributed by atoms with E-state index in [0.717, 1.165) is 17.0 Å². The molecule has 0 spiro atoms. The predicted molar refractivity (Wildman–Crippen MR) is 106 cm³/mol. The van der Waals surface area contributed by atoms with Crippen molar-refractivity contribution in [3.63, 3.8) is 0 Å². The number of nitrogens with zero attached hydrogens (tertiary/aromatic N) is 2. The van der Waals surface area contributed by atoms with Gasteiger partial charge in [-0.05, 0) is 24.3 Å². The quantitative estimate of drug-likeness (QED) is 0.318. The highest BCUT2D eigenvalue weighted by atomic mass is 16.5. The van der Waals surface area contributed by atoms with Gasteiger partial charge in [0.1, 0.15) is 18.5 Å². The lowest BCUT2D eigenvalue weighted by molar-refractivity contribution is -0.000967. The van der Waals surface area contributed by atoms with Crippen molar-refractivity contribution in [1.29, 1.82) is 0 Å². The smallest absolute Gasteiger partial charge is 0.356 e. The first-order valence-corrected chi connectivity index (χ1v) is 9.16. The Hall–Kier alpha value is -2.88. The summed E-state index contributed by atoms with van der Waals surface area (Å²) in [5.74, 6) is -0.919. The molecule has 0 aromatic carbocycles. The average Bonchev–Trinajstić information content (AvgIpc) is 2.75. The molecule has 0 unspecified atom stereocenters. The first-order chi connectivity index (χ1) is 14.1. The van der Waals surface area contributed by atoms with E-state index in [9.17, 15) is 9.59 Å². The Labute approximate surface area is 169 Å². The van der Waals surface area contributed by atoms with E-state index < -0.39 is 11.9 Å². The van der Waals surface area contributed by atoms with Crippen LogP contribution in [0.4, 0.5) is 0 Å². The molecule has 29 heavy (non-hydrogen) atoms. The number of carbonyl (C=O) groups excluding carboxylic acids is 2. The van der Waals surface area contributed by atoms with Gasteiger partial charge in [0.15, 0.2) is 6.61 Å². The Morgan fingerprint density at radius 2 is 1.55 bits per heavy atom. The van der Waals surface area contributed by atoms with Crippen LogP contribution in [0.5, 0.6) is 0 Å². The minimum Gasteiger partial charge on any atom is -0.464 e. The predicted octanol–water partition coefficient (Wildman–Crippen LogP) is 0.587. The molecule has 0 saturated carbocycles. The molecule has 0 saturated heterocycles. The number of pyridine rings is 2. The number of hydrogen-bond acceptors (Lipinski definition) is 8. The van der Waals surface area contributed by atoms with E-state index in [1.165, 1.54) is 14.2 Å². The van der Waals surface area contributed by atoms with Crippen LogP contribution in [-0.4, -0.2) is 61.1 Å². The van der Waals surface area contributed by atoms with E-state index in [1.54, 1.807) is 25.3 Å². The van der Waals surface area contributed by atoms with Crippen molar-refractivity contribution >= 4 is 11.9 Å². The van der Waals surface area contributed by atoms with Gasteiger partial charge in [-0.2, -0.15) is 0 Å². The summed E-state index contributed by atoms with van der Waals surface area (Å²) in [7, 11) is 4.38. The molecule has 156 valence electrons. The van der Waals surface area contributed by atoms with Gasteiger partial charge in [0.2, 0.25) is 0 Å². The van der Waals surface area contributed by atoms with Crippen LogP contribution >= 0.6 is 0 Å². The van der Waals surface area contributed by atoms with Crippen molar-refractivity contribution in [2.24, 2.45) is 0 Å². The van der Waals surface area contributed by atoms with Crippen LogP contribution in [0.1, 0.15) is 37.9 Å². The molecular formula is C20H27N4O5+. The number of hydrogen-bond donors (Lipinski definition) is 2. The zero-order valence-corrected chi connectivity index (χ0v) is 16.9. The number of aromatic nitrogens is 2. The maximum Gasteiger partial charge on any atom is 0.356 e. The number of carbonyl (C=O) groups is 2. The van der Waals surface area contributed by atoms with Crippen molar-refractivity contribution < 1.29 is 23.8 Å². The molecule has 2 heterocycles. The fourth-order valence-corrected chi connectivity index (χ4v) is 2.63. The highest BCUT2D eigenvalue weighted by Crippen LogP contribution is 2.08. The van der Waals surface area contributed by atoms with Gasteiger partial charge >= 0.3 is 11.9 Å². The van der Waals surface area contributed by atoms with Crippen LogP contribution < -0.4 is 10.6 Å². The number of aliphatic hydroxyl groups is 2. The van der Waals surface area contributed by atoms with Crippen LogP contribution in [-0.2, 0) is 29.2 Å². The molecule has 0 aliphatic heterocycles. The lowest BCUT2D eigenvalue weighted by atomic mass is 10.2. The van der Waals surface area contributed by atoms with Gasteiger partial charge in [0, 0.05) is 31.7 Å². The van der Waals surface area contributed by atoms with E-state index in [0.29, 0.717) is 32.8 Å². The minimum atomic E-state index is -0.465. The third kappa shape index (κ3) is 7.22. The Kier molecular flexibility index (Phi) is 9.16. The first-order valence-electron chi connectivity index (χ1n) is 9.16. The zero-order valence-electron chi connectivity index (χ0n) is 16.9. The van der Waals surface area contributed by atoms with E-state index in [-0.39, 0.29) is 11.4 Å². The standard InChI is InChI=1S/C20H26N4O5/c1-27-13-14-9-16(24-18(10-14)20(26)29-3)12-22-8-7-21-11-15-5-4-6-17(23-15)19(25)28-2/h4-6,9-10,21-22H,7-8,11-13H2,1-3H3/p+1. The highest BCUT2D eigenvalue weighted by Gasteiger charge is 2.12. The molecular weight excluding hydrogens is 376 g/mol. The number of rotatable bonds is 11. The molecule has 9 nitrogen and oxygen atoms in total. The van der Waals surface area contributed by atoms with Crippen LogP contribution in [0, 0.1) is 0 Å². The summed E-state index contributed by atoms with van der Waals surface area (Å²) < 4.78 is 13.5. The normalized spacial score (nSPS) is 10.6. The Morgan fingerprint density at radius 1 is 0.931 bits per heavy atom. The third-order valence-electron chi connectivity index (χ3n) is 3.97. The number of ether oxygens (including phenoxy) is 3. The number of methoxy groups -OCH3 is 2. The van der Waals surface area contributed by atoms with Crippen LogP contribution in [0.25, 0.3) is 0 Å². The van der Waals surface area contributed by atoms with E-state index in [2.05, 4.69) is 30.1 Å². The summed E-state index contributed by atoms with van der Waals surface area (Å²) in [6.45, 7) is 2.94. The van der Waals surface area contributed by atoms with Gasteiger partial charge in [0.25, 0.3) is 0 Å². The van der Waals surface area contributed by atoms with Gasteiger partial charge in [-0.1, -0.05) is 6.07 Å². The molecule has 2 aromatic rings. The zero-order chi connectivity index (χ0) is 21.1. The minimum absolute atomic E-state index is 0.278. The molecule has 0 atom stereocenters. The van der Waals surface area contributed by atoms with Gasteiger partial charge in [-0.15, -0.1) is 0 Å².